The number of halogens is 1. The number of nitrogens with one attached hydrogen (secondary N) is 1. The topological polar surface area (TPSA) is 64.3 Å². The van der Waals surface area contributed by atoms with Crippen LogP contribution in [0.2, 0.25) is 0 Å². The zero-order chi connectivity index (χ0) is 14.5. The molecule has 0 aliphatic heterocycles. The first-order valence-corrected chi connectivity index (χ1v) is 6.26. The molecule has 0 fully saturated rings. The van der Waals surface area contributed by atoms with Crippen molar-refractivity contribution in [3.63, 3.8) is 0 Å². The van der Waals surface area contributed by atoms with Crippen LogP contribution >= 0.6 is 0 Å². The summed E-state index contributed by atoms with van der Waals surface area (Å²) < 4.78 is 18.1. The lowest BCUT2D eigenvalue weighted by molar-refractivity contribution is 0.0526. The Kier molecular flexibility index (Phi) is 5.30. The molecule has 0 saturated heterocycles. The van der Waals surface area contributed by atoms with Gasteiger partial charge < -0.3 is 15.8 Å². The fraction of sp³-hybridized carbons (Fsp3) is 0.500. The Labute approximate surface area is 113 Å². The first-order valence-electron chi connectivity index (χ1n) is 6.26. The number of ether oxygens (including phenoxy) is 1. The highest BCUT2D eigenvalue weighted by Crippen LogP contribution is 2.14. The van der Waals surface area contributed by atoms with Gasteiger partial charge in [0.25, 0.3) is 0 Å². The van der Waals surface area contributed by atoms with Gasteiger partial charge in [-0.3, -0.25) is 0 Å². The Bertz CT molecular complexity index is 430. The molecule has 0 aliphatic carbocycles. The molecule has 1 rings (SSSR count). The van der Waals surface area contributed by atoms with Gasteiger partial charge in [0.05, 0.1) is 0 Å². The minimum absolute atomic E-state index is 0.312. The Hall–Kier alpha value is -1.62. The minimum atomic E-state index is -0.519. The molecule has 106 valence electrons. The average Bonchev–Trinajstić information content (AvgIpc) is 2.26. The molecule has 1 unspecified atom stereocenters. The first-order chi connectivity index (χ1) is 8.78. The molecule has 0 heterocycles. The summed E-state index contributed by atoms with van der Waals surface area (Å²) in [4.78, 5) is 11.4. The van der Waals surface area contributed by atoms with E-state index in [1.165, 1.54) is 12.1 Å². The number of carbonyl (C=O) groups is 1. The van der Waals surface area contributed by atoms with Gasteiger partial charge in [-0.25, -0.2) is 9.18 Å². The van der Waals surface area contributed by atoms with Gasteiger partial charge in [-0.15, -0.1) is 0 Å². The molecule has 1 aromatic rings. The Morgan fingerprint density at radius 1 is 1.47 bits per heavy atom. The number of carbonyl (C=O) groups excluding carboxylic acids is 1. The van der Waals surface area contributed by atoms with E-state index < -0.39 is 11.7 Å². The van der Waals surface area contributed by atoms with Gasteiger partial charge in [0, 0.05) is 12.6 Å². The highest BCUT2D eigenvalue weighted by Gasteiger charge is 2.16. The molecule has 0 radical (unpaired) electrons. The van der Waals surface area contributed by atoms with Crippen molar-refractivity contribution in [1.82, 2.24) is 5.32 Å². The molecule has 5 heteroatoms. The largest absolute Gasteiger partial charge is 0.444 e. The fourth-order valence-corrected chi connectivity index (χ4v) is 1.55. The maximum absolute atomic E-state index is 13.0. The zero-order valence-electron chi connectivity index (χ0n) is 11.6. The maximum Gasteiger partial charge on any atom is 0.407 e. The molecule has 0 saturated carbocycles. The highest BCUT2D eigenvalue weighted by molar-refractivity contribution is 5.67. The second-order valence-corrected chi connectivity index (χ2v) is 5.38. The fourth-order valence-electron chi connectivity index (χ4n) is 1.55. The molecule has 0 bridgehead atoms. The molecule has 1 atom stereocenters. The molecule has 0 aromatic heterocycles. The summed E-state index contributed by atoms with van der Waals surface area (Å²) >= 11 is 0. The van der Waals surface area contributed by atoms with E-state index in [-0.39, 0.29) is 11.9 Å². The van der Waals surface area contributed by atoms with E-state index in [1.807, 2.05) is 0 Å². The minimum Gasteiger partial charge on any atom is -0.444 e. The van der Waals surface area contributed by atoms with Crippen molar-refractivity contribution in [3.05, 3.63) is 35.6 Å². The lowest BCUT2D eigenvalue weighted by Gasteiger charge is -2.20. The van der Waals surface area contributed by atoms with Gasteiger partial charge in [0.1, 0.15) is 11.4 Å². The third-order valence-electron chi connectivity index (χ3n) is 2.40. The van der Waals surface area contributed by atoms with E-state index in [4.69, 9.17) is 10.5 Å². The quantitative estimate of drug-likeness (QED) is 0.882. The van der Waals surface area contributed by atoms with E-state index in [1.54, 1.807) is 32.9 Å². The predicted octanol–water partition coefficient (Wildman–Crippen LogP) is 2.74. The van der Waals surface area contributed by atoms with E-state index in [9.17, 15) is 9.18 Å². The van der Waals surface area contributed by atoms with Gasteiger partial charge in [-0.1, -0.05) is 12.1 Å². The maximum atomic E-state index is 13.0. The molecule has 19 heavy (non-hydrogen) atoms. The van der Waals surface area contributed by atoms with E-state index in [0.29, 0.717) is 18.5 Å². The van der Waals surface area contributed by atoms with Crippen LogP contribution in [0.1, 0.15) is 38.8 Å². The molecule has 0 spiro atoms. The van der Waals surface area contributed by atoms with Gasteiger partial charge >= 0.3 is 6.09 Å². The lowest BCUT2D eigenvalue weighted by Crippen LogP contribution is -2.34. The van der Waals surface area contributed by atoms with Gasteiger partial charge in [-0.2, -0.15) is 0 Å². The van der Waals surface area contributed by atoms with Gasteiger partial charge in [0.15, 0.2) is 0 Å². The van der Waals surface area contributed by atoms with Crippen molar-refractivity contribution < 1.29 is 13.9 Å². The van der Waals surface area contributed by atoms with E-state index >= 15 is 0 Å². The average molecular weight is 268 g/mol. The molecule has 0 aliphatic rings. The number of nitrogens with two attached hydrogens (primary N) is 1. The summed E-state index contributed by atoms with van der Waals surface area (Å²) in [6, 6.07) is 5.84. The summed E-state index contributed by atoms with van der Waals surface area (Å²) in [7, 11) is 0. The van der Waals surface area contributed by atoms with Gasteiger partial charge in [0.2, 0.25) is 0 Å². The summed E-state index contributed by atoms with van der Waals surface area (Å²) in [5.41, 5.74) is 6.11. The third kappa shape index (κ3) is 6.20. The molecule has 4 nitrogen and oxygen atoms in total. The molecule has 1 amide bonds. The number of amides is 1. The van der Waals surface area contributed by atoms with Crippen molar-refractivity contribution in [2.75, 3.05) is 6.54 Å². The van der Waals surface area contributed by atoms with Crippen LogP contribution in [0.3, 0.4) is 0 Å². The standard InChI is InChI=1S/C14H21FN2O2/c1-14(2,3)19-13(18)17-8-7-12(16)10-5-4-6-11(15)9-10/h4-6,9,12H,7-8,16H2,1-3H3,(H,17,18). The van der Waals surface area contributed by atoms with Crippen molar-refractivity contribution in [1.29, 1.82) is 0 Å². The normalized spacial score (nSPS) is 12.9. The summed E-state index contributed by atoms with van der Waals surface area (Å²) in [5.74, 6) is -0.312. The van der Waals surface area contributed by atoms with Crippen LogP contribution in [-0.4, -0.2) is 18.2 Å². The van der Waals surface area contributed by atoms with Crippen molar-refractivity contribution in [3.8, 4) is 0 Å². The smallest absolute Gasteiger partial charge is 0.407 e. The van der Waals surface area contributed by atoms with Crippen molar-refractivity contribution in [2.24, 2.45) is 5.73 Å². The number of hydrogen-bond donors (Lipinski definition) is 2. The Morgan fingerprint density at radius 3 is 2.74 bits per heavy atom. The lowest BCUT2D eigenvalue weighted by atomic mass is 10.0. The number of hydrogen-bond acceptors (Lipinski definition) is 3. The van der Waals surface area contributed by atoms with Crippen molar-refractivity contribution in [2.45, 2.75) is 38.8 Å². The summed E-state index contributed by atoms with van der Waals surface area (Å²) in [5, 5.41) is 2.62. The second kappa shape index (κ2) is 6.52. The summed E-state index contributed by atoms with van der Waals surface area (Å²) in [6.45, 7) is 5.77. The van der Waals surface area contributed by atoms with Crippen LogP contribution < -0.4 is 11.1 Å². The molecular formula is C14H21FN2O2. The van der Waals surface area contributed by atoms with Crippen LogP contribution in [0.15, 0.2) is 24.3 Å². The van der Waals surface area contributed by atoms with Crippen LogP contribution in [0.25, 0.3) is 0 Å². The van der Waals surface area contributed by atoms with Gasteiger partial charge in [-0.05, 0) is 44.9 Å². The van der Waals surface area contributed by atoms with Crippen molar-refractivity contribution >= 4 is 6.09 Å². The Balaban J connectivity index is 2.35. The summed E-state index contributed by atoms with van der Waals surface area (Å²) in [6.07, 6.45) is 0.0434. The number of benzene rings is 1. The van der Waals surface area contributed by atoms with E-state index in [0.717, 1.165) is 0 Å². The highest BCUT2D eigenvalue weighted by atomic mass is 19.1. The predicted molar refractivity (Wildman–Crippen MR) is 72.2 cm³/mol. The zero-order valence-corrected chi connectivity index (χ0v) is 11.6. The number of alkyl carbamates (subject to hydrolysis) is 1. The van der Waals surface area contributed by atoms with Crippen LogP contribution in [-0.2, 0) is 4.74 Å². The van der Waals surface area contributed by atoms with E-state index in [2.05, 4.69) is 5.32 Å². The number of rotatable bonds is 4. The second-order valence-electron chi connectivity index (χ2n) is 5.38. The molecule has 1 aromatic carbocycles. The van der Waals surface area contributed by atoms with Crippen LogP contribution in [0.5, 0.6) is 0 Å². The Morgan fingerprint density at radius 2 is 2.16 bits per heavy atom. The SMILES string of the molecule is CC(C)(C)OC(=O)NCCC(N)c1cccc(F)c1. The monoisotopic (exact) mass is 268 g/mol. The molecular weight excluding hydrogens is 247 g/mol. The van der Waals surface area contributed by atoms with Crippen LogP contribution in [0.4, 0.5) is 9.18 Å². The third-order valence-corrected chi connectivity index (χ3v) is 2.40. The van der Waals surface area contributed by atoms with Crippen LogP contribution in [0, 0.1) is 5.82 Å². The first kappa shape index (κ1) is 15.4. The molecule has 3 N–H and O–H groups in total.